The summed E-state index contributed by atoms with van der Waals surface area (Å²) in [4.78, 5) is 1.30. The smallest absolute Gasteiger partial charge is 0.143 e. The molecule has 52 heavy (non-hydrogen) atoms. The standard InChI is InChI=1S/C50H33NO/c1-2-12-34(13-3-1)35-24-26-36(27-25-35)37-28-31-40(32-29-37)51(46-22-10-16-38-14-4-6-17-41(38)46)47-21-9-8-19-43(47)44-20-11-23-48-49(44)45-33-30-39-15-5-7-18-42(39)50(45)52-48/h1-33H/i4D,6D,10D,14D,16D,17D,22D,28D,29D,31D,32D. The van der Waals surface area contributed by atoms with Gasteiger partial charge in [-0.1, -0.05) is 164 Å². The quantitative estimate of drug-likeness (QED) is 0.175. The lowest BCUT2D eigenvalue weighted by Gasteiger charge is -2.29. The maximum atomic E-state index is 9.70. The monoisotopic (exact) mass is 674 g/mol. The molecule has 0 saturated heterocycles. The lowest BCUT2D eigenvalue weighted by atomic mass is 9.95. The lowest BCUT2D eigenvalue weighted by Crippen LogP contribution is -2.11. The van der Waals surface area contributed by atoms with Gasteiger partial charge in [-0.15, -0.1) is 0 Å². The normalized spacial score (nSPS) is 14.4. The van der Waals surface area contributed by atoms with Gasteiger partial charge >= 0.3 is 0 Å². The van der Waals surface area contributed by atoms with Crippen molar-refractivity contribution in [1.82, 2.24) is 0 Å². The highest BCUT2D eigenvalue weighted by Crippen LogP contribution is 2.47. The van der Waals surface area contributed by atoms with Crippen molar-refractivity contribution in [2.24, 2.45) is 0 Å². The van der Waals surface area contributed by atoms with Crippen molar-refractivity contribution in [1.29, 1.82) is 0 Å². The molecule has 10 rings (SSSR count). The van der Waals surface area contributed by atoms with Gasteiger partial charge in [0, 0.05) is 32.8 Å². The molecule has 0 saturated carbocycles. The van der Waals surface area contributed by atoms with Crippen LogP contribution in [-0.2, 0) is 0 Å². The van der Waals surface area contributed by atoms with Gasteiger partial charge in [0.2, 0.25) is 0 Å². The summed E-state index contributed by atoms with van der Waals surface area (Å²) >= 11 is 0. The number of benzene rings is 9. The molecule has 244 valence electrons. The molecular formula is C50H33NO. The van der Waals surface area contributed by atoms with Crippen LogP contribution in [0.5, 0.6) is 0 Å². The van der Waals surface area contributed by atoms with E-state index in [1.807, 2.05) is 97.1 Å². The summed E-state index contributed by atoms with van der Waals surface area (Å²) in [5, 5.41) is 2.83. The third-order valence-corrected chi connectivity index (χ3v) is 9.45. The van der Waals surface area contributed by atoms with E-state index >= 15 is 0 Å². The fraction of sp³-hybridized carbons (Fsp3) is 0. The average molecular weight is 675 g/mol. The van der Waals surface area contributed by atoms with Crippen LogP contribution in [0.15, 0.2) is 204 Å². The van der Waals surface area contributed by atoms with Crippen molar-refractivity contribution in [3.8, 4) is 33.4 Å². The molecule has 0 N–H and O–H groups in total. The van der Waals surface area contributed by atoms with Crippen molar-refractivity contribution >= 4 is 60.5 Å². The van der Waals surface area contributed by atoms with Crippen molar-refractivity contribution in [2.75, 3.05) is 4.90 Å². The number of furan rings is 1. The molecule has 0 unspecified atom stereocenters. The largest absolute Gasteiger partial charge is 0.455 e. The van der Waals surface area contributed by atoms with Gasteiger partial charge in [0.15, 0.2) is 0 Å². The number of fused-ring (bicyclic) bond motifs is 6. The summed E-state index contributed by atoms with van der Waals surface area (Å²) in [5.41, 5.74) is 4.29. The van der Waals surface area contributed by atoms with Gasteiger partial charge in [0.25, 0.3) is 0 Å². The van der Waals surface area contributed by atoms with E-state index in [2.05, 4.69) is 0 Å². The first-order chi connectivity index (χ1) is 30.4. The molecule has 2 heteroatoms. The Balaban J connectivity index is 1.30. The zero-order valence-electron chi connectivity index (χ0n) is 38.6. The first-order valence-electron chi connectivity index (χ1n) is 22.4. The topological polar surface area (TPSA) is 16.4 Å². The summed E-state index contributed by atoms with van der Waals surface area (Å²) in [6, 6.07) is 35.2. The zero-order chi connectivity index (χ0) is 44.0. The van der Waals surface area contributed by atoms with E-state index < -0.39 is 66.5 Å². The van der Waals surface area contributed by atoms with Crippen LogP contribution in [0.3, 0.4) is 0 Å². The second-order valence-electron chi connectivity index (χ2n) is 12.4. The zero-order valence-corrected chi connectivity index (χ0v) is 27.6. The molecule has 0 fully saturated rings. The van der Waals surface area contributed by atoms with E-state index in [4.69, 9.17) is 11.3 Å². The maximum Gasteiger partial charge on any atom is 0.143 e. The summed E-state index contributed by atoms with van der Waals surface area (Å²) in [6.45, 7) is 0. The molecule has 10 aromatic rings. The predicted octanol–water partition coefficient (Wildman–Crippen LogP) is 14.4. The number of hydrogen-bond donors (Lipinski definition) is 0. The molecular weight excluding hydrogens is 631 g/mol. The number of rotatable bonds is 6. The number of para-hydroxylation sites is 1. The van der Waals surface area contributed by atoms with Crippen LogP contribution in [0.1, 0.15) is 15.1 Å². The van der Waals surface area contributed by atoms with Gasteiger partial charge in [-0.25, -0.2) is 0 Å². The van der Waals surface area contributed by atoms with Gasteiger partial charge in [-0.2, -0.15) is 0 Å². The summed E-state index contributed by atoms with van der Waals surface area (Å²) in [7, 11) is 0. The molecule has 9 aromatic carbocycles. The molecule has 1 aromatic heterocycles. The third kappa shape index (κ3) is 5.04. The summed E-state index contributed by atoms with van der Waals surface area (Å²) in [6.07, 6.45) is 0. The Hall–Kier alpha value is -6.90. The molecule has 2 nitrogen and oxygen atoms in total. The van der Waals surface area contributed by atoms with Crippen LogP contribution in [-0.4, -0.2) is 0 Å². The van der Waals surface area contributed by atoms with Crippen molar-refractivity contribution in [3.63, 3.8) is 0 Å². The van der Waals surface area contributed by atoms with Gasteiger partial charge < -0.3 is 9.32 Å². The number of hydrogen-bond acceptors (Lipinski definition) is 2. The van der Waals surface area contributed by atoms with E-state index in [-0.39, 0.29) is 33.4 Å². The minimum absolute atomic E-state index is 0.0315. The van der Waals surface area contributed by atoms with Crippen LogP contribution < -0.4 is 4.90 Å². The third-order valence-electron chi connectivity index (χ3n) is 9.45. The molecule has 0 atom stereocenters. The van der Waals surface area contributed by atoms with Crippen molar-refractivity contribution < 1.29 is 19.5 Å². The second-order valence-corrected chi connectivity index (χ2v) is 12.4. The van der Waals surface area contributed by atoms with Crippen LogP contribution in [0, 0.1) is 0 Å². The Morgan fingerprint density at radius 2 is 1.10 bits per heavy atom. The van der Waals surface area contributed by atoms with E-state index in [0.29, 0.717) is 27.9 Å². The molecule has 0 aliphatic rings. The van der Waals surface area contributed by atoms with Gasteiger partial charge in [0.1, 0.15) is 11.2 Å². The van der Waals surface area contributed by atoms with E-state index in [9.17, 15) is 8.22 Å². The van der Waals surface area contributed by atoms with Crippen LogP contribution in [0.25, 0.3) is 76.9 Å². The van der Waals surface area contributed by atoms with Gasteiger partial charge in [0.05, 0.1) is 26.5 Å². The summed E-state index contributed by atoms with van der Waals surface area (Å²) < 4.78 is 108. The molecule has 1 heterocycles. The van der Waals surface area contributed by atoms with E-state index in [1.165, 1.54) is 4.90 Å². The van der Waals surface area contributed by atoms with Crippen LogP contribution >= 0.6 is 0 Å². The van der Waals surface area contributed by atoms with E-state index in [1.54, 1.807) is 36.4 Å². The Bertz CT molecular complexity index is 3500. The Labute approximate surface area is 317 Å². The minimum Gasteiger partial charge on any atom is -0.455 e. The van der Waals surface area contributed by atoms with E-state index in [0.717, 1.165) is 32.7 Å². The highest BCUT2D eigenvalue weighted by atomic mass is 16.3. The molecule has 0 aliphatic heterocycles. The maximum absolute atomic E-state index is 9.70. The first kappa shape index (κ1) is 20.7. The SMILES string of the molecule is [2H]c1c([2H])c(N(c2ccccc2-c2cccc3oc4c5ccccc5ccc4c23)c2c([2H])c([2H])c([2H])c3c([2H])c([2H])c([2H])c([2H])c23)c([2H])c([2H])c1-c1ccc(-c2ccccc2)cc1. The molecule has 0 spiro atoms. The summed E-state index contributed by atoms with van der Waals surface area (Å²) in [5.74, 6) is 0. The number of nitrogens with zero attached hydrogens (tertiary/aromatic N) is 1. The van der Waals surface area contributed by atoms with Gasteiger partial charge in [-0.3, -0.25) is 0 Å². The highest BCUT2D eigenvalue weighted by Gasteiger charge is 2.22. The first-order valence-corrected chi connectivity index (χ1v) is 16.9. The minimum atomic E-state index is -0.648. The Morgan fingerprint density at radius 3 is 1.96 bits per heavy atom. The molecule has 0 radical (unpaired) electrons. The number of anilines is 3. The van der Waals surface area contributed by atoms with Crippen molar-refractivity contribution in [3.05, 3.63) is 200 Å². The fourth-order valence-corrected chi connectivity index (χ4v) is 7.02. The Kier molecular flexibility index (Phi) is 4.96. The molecule has 0 aliphatic carbocycles. The lowest BCUT2D eigenvalue weighted by molar-refractivity contribution is 0.673. The predicted molar refractivity (Wildman–Crippen MR) is 220 cm³/mol. The average Bonchev–Trinajstić information content (AvgIpc) is 3.71. The van der Waals surface area contributed by atoms with Crippen LogP contribution in [0.2, 0.25) is 0 Å². The fourth-order valence-electron chi connectivity index (χ4n) is 7.02. The second kappa shape index (κ2) is 12.5. The molecule has 0 bridgehead atoms. The molecule has 0 amide bonds. The highest BCUT2D eigenvalue weighted by molar-refractivity contribution is 6.20. The van der Waals surface area contributed by atoms with Crippen LogP contribution in [0.4, 0.5) is 17.1 Å². The Morgan fingerprint density at radius 1 is 0.404 bits per heavy atom. The van der Waals surface area contributed by atoms with Crippen molar-refractivity contribution in [2.45, 2.75) is 0 Å². The van der Waals surface area contributed by atoms with Gasteiger partial charge in [-0.05, 0) is 74.9 Å².